The molecule has 25 heavy (non-hydrogen) atoms. The number of nitrogens with one attached hydrogen (secondary N) is 1. The molecular formula is C20H27N3OS. The van der Waals surface area contributed by atoms with Crippen LogP contribution in [0.1, 0.15) is 36.7 Å². The molecule has 0 bridgehead atoms. The van der Waals surface area contributed by atoms with Gasteiger partial charge in [0, 0.05) is 49.2 Å². The average Bonchev–Trinajstić information content (AvgIpc) is 3.08. The van der Waals surface area contributed by atoms with Gasteiger partial charge in [0.1, 0.15) is 0 Å². The van der Waals surface area contributed by atoms with Crippen LogP contribution in [0.4, 0.5) is 5.69 Å². The smallest absolute Gasteiger partial charge is 0.255 e. The number of hydrogen-bond acceptors (Lipinski definition) is 4. The van der Waals surface area contributed by atoms with Crippen molar-refractivity contribution in [3.8, 4) is 0 Å². The van der Waals surface area contributed by atoms with E-state index in [1.54, 1.807) is 11.3 Å². The summed E-state index contributed by atoms with van der Waals surface area (Å²) in [5.74, 6) is -0.0521. The molecular weight excluding hydrogens is 330 g/mol. The zero-order valence-electron chi connectivity index (χ0n) is 15.3. The number of nitrogens with zero attached hydrogens (tertiary/aromatic N) is 2. The van der Waals surface area contributed by atoms with Crippen molar-refractivity contribution in [2.24, 2.45) is 0 Å². The summed E-state index contributed by atoms with van der Waals surface area (Å²) in [7, 11) is 0. The van der Waals surface area contributed by atoms with Gasteiger partial charge in [0.25, 0.3) is 5.91 Å². The van der Waals surface area contributed by atoms with Crippen LogP contribution in [0.25, 0.3) is 0 Å². The monoisotopic (exact) mass is 357 g/mol. The second-order valence-corrected chi connectivity index (χ2v) is 8.38. The maximum atomic E-state index is 12.2. The first-order valence-electron chi connectivity index (χ1n) is 8.82. The fourth-order valence-electron chi connectivity index (χ4n) is 3.14. The third kappa shape index (κ3) is 4.91. The van der Waals surface area contributed by atoms with E-state index in [2.05, 4.69) is 48.0 Å². The van der Waals surface area contributed by atoms with Crippen LogP contribution in [0, 0.1) is 0 Å². The molecule has 0 radical (unpaired) electrons. The molecule has 1 N–H and O–H groups in total. The second-order valence-electron chi connectivity index (χ2n) is 7.60. The molecule has 3 rings (SSSR count). The first kappa shape index (κ1) is 18.1. The van der Waals surface area contributed by atoms with E-state index in [1.165, 1.54) is 5.56 Å². The summed E-state index contributed by atoms with van der Waals surface area (Å²) in [6.07, 6.45) is 0. The van der Waals surface area contributed by atoms with Gasteiger partial charge >= 0.3 is 0 Å². The van der Waals surface area contributed by atoms with Gasteiger partial charge in [0.05, 0.1) is 5.69 Å². The molecule has 0 spiro atoms. The Bertz CT molecular complexity index is 681. The summed E-state index contributed by atoms with van der Waals surface area (Å²) >= 11 is 1.58. The third-order valence-electron chi connectivity index (χ3n) is 4.72. The summed E-state index contributed by atoms with van der Waals surface area (Å²) in [6, 6.07) is 9.89. The fourth-order valence-corrected chi connectivity index (χ4v) is 3.72. The highest BCUT2D eigenvalue weighted by atomic mass is 32.1. The van der Waals surface area contributed by atoms with Crippen LogP contribution in [0.3, 0.4) is 0 Å². The zero-order chi connectivity index (χ0) is 17.9. The minimum atomic E-state index is -0.0521. The Hall–Kier alpha value is -1.69. The number of amides is 1. The average molecular weight is 358 g/mol. The van der Waals surface area contributed by atoms with Crippen LogP contribution < -0.4 is 5.32 Å². The van der Waals surface area contributed by atoms with E-state index in [4.69, 9.17) is 0 Å². The molecule has 0 aliphatic carbocycles. The molecule has 1 aromatic carbocycles. The maximum absolute atomic E-state index is 12.2. The van der Waals surface area contributed by atoms with E-state index in [0.717, 1.165) is 38.4 Å². The van der Waals surface area contributed by atoms with Gasteiger partial charge in [0.15, 0.2) is 0 Å². The topological polar surface area (TPSA) is 35.6 Å². The van der Waals surface area contributed by atoms with Crippen LogP contribution in [-0.4, -0.2) is 47.4 Å². The highest BCUT2D eigenvalue weighted by Crippen LogP contribution is 2.18. The second kappa shape index (κ2) is 7.68. The van der Waals surface area contributed by atoms with Gasteiger partial charge in [-0.2, -0.15) is 11.3 Å². The number of rotatable bonds is 4. The van der Waals surface area contributed by atoms with E-state index >= 15 is 0 Å². The van der Waals surface area contributed by atoms with E-state index in [-0.39, 0.29) is 11.4 Å². The highest BCUT2D eigenvalue weighted by molar-refractivity contribution is 7.08. The standard InChI is InChI=1S/C20H27N3OS/c1-20(2,3)23-11-9-22(10-12-23)14-16-4-6-17(7-5-16)19(24)21-18-8-13-25-15-18/h4-8,13,15H,9-12,14H2,1-3H3,(H,21,24). The summed E-state index contributed by atoms with van der Waals surface area (Å²) in [5.41, 5.74) is 3.07. The fraction of sp³-hybridized carbons (Fsp3) is 0.450. The van der Waals surface area contributed by atoms with E-state index < -0.39 is 0 Å². The van der Waals surface area contributed by atoms with Crippen molar-refractivity contribution in [3.63, 3.8) is 0 Å². The molecule has 1 amide bonds. The Labute approximate surface area is 154 Å². The lowest BCUT2D eigenvalue weighted by atomic mass is 10.0. The van der Waals surface area contributed by atoms with Gasteiger partial charge in [-0.05, 0) is 49.9 Å². The van der Waals surface area contributed by atoms with Crippen molar-refractivity contribution >= 4 is 22.9 Å². The van der Waals surface area contributed by atoms with Crippen molar-refractivity contribution in [1.82, 2.24) is 9.80 Å². The van der Waals surface area contributed by atoms with Gasteiger partial charge in [-0.25, -0.2) is 0 Å². The minimum absolute atomic E-state index is 0.0521. The summed E-state index contributed by atoms with van der Waals surface area (Å²) < 4.78 is 0. The molecule has 0 saturated carbocycles. The number of carbonyl (C=O) groups excluding carboxylic acids is 1. The van der Waals surface area contributed by atoms with E-state index in [9.17, 15) is 4.79 Å². The lowest BCUT2D eigenvalue weighted by Crippen LogP contribution is -2.53. The van der Waals surface area contributed by atoms with Crippen LogP contribution in [0.2, 0.25) is 0 Å². The lowest BCUT2D eigenvalue weighted by molar-refractivity contribution is 0.0591. The largest absolute Gasteiger partial charge is 0.321 e. The summed E-state index contributed by atoms with van der Waals surface area (Å²) in [4.78, 5) is 17.3. The van der Waals surface area contributed by atoms with E-state index in [0.29, 0.717) is 5.56 Å². The molecule has 1 aliphatic heterocycles. The van der Waals surface area contributed by atoms with Crippen LogP contribution in [0.15, 0.2) is 41.1 Å². The predicted octanol–water partition coefficient (Wildman–Crippen LogP) is 3.92. The molecule has 1 aliphatic rings. The molecule has 0 atom stereocenters. The predicted molar refractivity (Wildman–Crippen MR) is 105 cm³/mol. The SMILES string of the molecule is CC(C)(C)N1CCN(Cc2ccc(C(=O)Nc3ccsc3)cc2)CC1. The zero-order valence-corrected chi connectivity index (χ0v) is 16.1. The van der Waals surface area contributed by atoms with Crippen LogP contribution in [0.5, 0.6) is 0 Å². The molecule has 2 aromatic rings. The van der Waals surface area contributed by atoms with Gasteiger partial charge < -0.3 is 5.32 Å². The van der Waals surface area contributed by atoms with Gasteiger partial charge in [-0.15, -0.1) is 0 Å². The Balaban J connectivity index is 1.52. The Morgan fingerprint density at radius 3 is 2.32 bits per heavy atom. The quantitative estimate of drug-likeness (QED) is 0.901. The van der Waals surface area contributed by atoms with E-state index in [1.807, 2.05) is 29.0 Å². The van der Waals surface area contributed by atoms with Gasteiger partial charge in [0.2, 0.25) is 0 Å². The number of benzene rings is 1. The lowest BCUT2D eigenvalue weighted by Gasteiger charge is -2.42. The molecule has 1 aromatic heterocycles. The molecule has 4 nitrogen and oxygen atoms in total. The summed E-state index contributed by atoms with van der Waals surface area (Å²) in [5, 5.41) is 6.80. The van der Waals surface area contributed by atoms with Gasteiger partial charge in [-0.1, -0.05) is 12.1 Å². The summed E-state index contributed by atoms with van der Waals surface area (Å²) in [6.45, 7) is 12.2. The Morgan fingerprint density at radius 2 is 1.76 bits per heavy atom. The normalized spacial score (nSPS) is 16.8. The maximum Gasteiger partial charge on any atom is 0.255 e. The van der Waals surface area contributed by atoms with Crippen molar-refractivity contribution in [2.45, 2.75) is 32.9 Å². The minimum Gasteiger partial charge on any atom is -0.321 e. The van der Waals surface area contributed by atoms with Crippen LogP contribution >= 0.6 is 11.3 Å². The third-order valence-corrected chi connectivity index (χ3v) is 5.41. The first-order chi connectivity index (χ1) is 11.9. The Kier molecular flexibility index (Phi) is 5.57. The van der Waals surface area contributed by atoms with Crippen LogP contribution in [-0.2, 0) is 6.54 Å². The Morgan fingerprint density at radius 1 is 1.08 bits per heavy atom. The molecule has 134 valence electrons. The molecule has 1 saturated heterocycles. The number of hydrogen-bond donors (Lipinski definition) is 1. The highest BCUT2D eigenvalue weighted by Gasteiger charge is 2.25. The van der Waals surface area contributed by atoms with Gasteiger partial charge in [-0.3, -0.25) is 14.6 Å². The first-order valence-corrected chi connectivity index (χ1v) is 9.76. The molecule has 1 fully saturated rings. The number of piperazine rings is 1. The number of thiophene rings is 1. The molecule has 2 heterocycles. The van der Waals surface area contributed by atoms with Crippen molar-refractivity contribution in [2.75, 3.05) is 31.5 Å². The molecule has 0 unspecified atom stereocenters. The van der Waals surface area contributed by atoms with Crippen molar-refractivity contribution < 1.29 is 4.79 Å². The number of carbonyl (C=O) groups is 1. The molecule has 5 heteroatoms. The number of anilines is 1. The van der Waals surface area contributed by atoms with Crippen molar-refractivity contribution in [1.29, 1.82) is 0 Å². The van der Waals surface area contributed by atoms with Crippen molar-refractivity contribution in [3.05, 3.63) is 52.2 Å².